The van der Waals surface area contributed by atoms with E-state index in [1.807, 2.05) is 19.0 Å². The van der Waals surface area contributed by atoms with Gasteiger partial charge in [0, 0.05) is 19.3 Å². The molecule has 0 saturated carbocycles. The summed E-state index contributed by atoms with van der Waals surface area (Å²) in [6, 6.07) is 0.454. The molecular weight excluding hydrogens is 124 g/mol. The van der Waals surface area contributed by atoms with E-state index in [1.165, 1.54) is 0 Å². The molecule has 58 valence electrons. The zero-order chi connectivity index (χ0) is 8.15. The fraction of sp³-hybridized carbons (Fsp3) is 0.625. The van der Waals surface area contributed by atoms with E-state index in [4.69, 9.17) is 0 Å². The summed E-state index contributed by atoms with van der Waals surface area (Å²) in [5, 5.41) is 6.03. The van der Waals surface area contributed by atoms with E-state index in [9.17, 15) is 0 Å². The highest BCUT2D eigenvalue weighted by atomic mass is 15.4. The van der Waals surface area contributed by atoms with Gasteiger partial charge in [-0.3, -0.25) is 5.01 Å². The predicted molar refractivity (Wildman–Crippen MR) is 46.2 cm³/mol. The maximum absolute atomic E-state index is 4.13. The van der Waals surface area contributed by atoms with Crippen LogP contribution in [0.15, 0.2) is 17.3 Å². The fourth-order valence-corrected chi connectivity index (χ4v) is 0.323. The van der Waals surface area contributed by atoms with E-state index in [1.54, 1.807) is 6.21 Å². The van der Waals surface area contributed by atoms with Crippen LogP contribution in [0.5, 0.6) is 0 Å². The molecule has 0 amide bonds. The second-order valence-corrected chi connectivity index (χ2v) is 2.76. The highest BCUT2D eigenvalue weighted by Gasteiger charge is 1.95. The second-order valence-electron chi connectivity index (χ2n) is 2.76. The van der Waals surface area contributed by atoms with Crippen LogP contribution in [0.2, 0.25) is 0 Å². The highest BCUT2D eigenvalue weighted by molar-refractivity contribution is 5.76. The first kappa shape index (κ1) is 9.21. The van der Waals surface area contributed by atoms with E-state index in [2.05, 4.69) is 25.5 Å². The van der Waals surface area contributed by atoms with E-state index >= 15 is 0 Å². The van der Waals surface area contributed by atoms with Crippen LogP contribution in [0.3, 0.4) is 0 Å². The molecule has 10 heavy (non-hydrogen) atoms. The normalized spacial score (nSPS) is 10.9. The molecule has 0 rings (SSSR count). The van der Waals surface area contributed by atoms with Gasteiger partial charge >= 0.3 is 0 Å². The van der Waals surface area contributed by atoms with Crippen molar-refractivity contribution in [2.45, 2.75) is 26.8 Å². The molecule has 0 unspecified atom stereocenters. The molecule has 0 N–H and O–H groups in total. The van der Waals surface area contributed by atoms with Gasteiger partial charge in [-0.05, 0) is 26.3 Å². The monoisotopic (exact) mass is 140 g/mol. The van der Waals surface area contributed by atoms with Gasteiger partial charge in [-0.2, -0.15) is 5.10 Å². The van der Waals surface area contributed by atoms with E-state index in [0.717, 1.165) is 5.57 Å². The van der Waals surface area contributed by atoms with Crippen LogP contribution in [0.25, 0.3) is 0 Å². The third kappa shape index (κ3) is 4.13. The maximum atomic E-state index is 4.13. The number of rotatable bonds is 3. The highest BCUT2D eigenvalue weighted by Crippen LogP contribution is 1.93. The Labute approximate surface area is 63.2 Å². The zero-order valence-electron chi connectivity index (χ0n) is 7.26. The standard InChI is InChI=1S/C8H16N2/c1-7(2)6-9-10(5)8(3)4/h6,8H,1H2,2-5H3/b9-6-. The first-order valence-electron chi connectivity index (χ1n) is 3.46. The van der Waals surface area contributed by atoms with Crippen LogP contribution in [-0.2, 0) is 0 Å². The molecule has 0 aliphatic carbocycles. The molecule has 0 saturated heterocycles. The molecule has 0 aliphatic rings. The lowest BCUT2D eigenvalue weighted by Crippen LogP contribution is -2.20. The van der Waals surface area contributed by atoms with Crippen molar-refractivity contribution in [2.75, 3.05) is 7.05 Å². The fourth-order valence-electron chi connectivity index (χ4n) is 0.323. The first-order valence-corrected chi connectivity index (χ1v) is 3.46. The average molecular weight is 140 g/mol. The van der Waals surface area contributed by atoms with E-state index in [-0.39, 0.29) is 0 Å². The van der Waals surface area contributed by atoms with E-state index < -0.39 is 0 Å². The third-order valence-electron chi connectivity index (χ3n) is 1.21. The van der Waals surface area contributed by atoms with Gasteiger partial charge in [-0.25, -0.2) is 0 Å². The lowest BCUT2D eigenvalue weighted by atomic mass is 10.4. The van der Waals surface area contributed by atoms with Crippen LogP contribution in [0, 0.1) is 0 Å². The van der Waals surface area contributed by atoms with Crippen molar-refractivity contribution in [3.63, 3.8) is 0 Å². The van der Waals surface area contributed by atoms with Crippen LogP contribution in [0.1, 0.15) is 20.8 Å². The van der Waals surface area contributed by atoms with Gasteiger partial charge in [0.15, 0.2) is 0 Å². The van der Waals surface area contributed by atoms with E-state index in [0.29, 0.717) is 6.04 Å². The molecule has 0 fully saturated rings. The number of allylic oxidation sites excluding steroid dienone is 1. The molecule has 0 radical (unpaired) electrons. The molecule has 2 nitrogen and oxygen atoms in total. The Balaban J connectivity index is 3.77. The quantitative estimate of drug-likeness (QED) is 0.432. The molecule has 2 heteroatoms. The van der Waals surface area contributed by atoms with Gasteiger partial charge in [0.2, 0.25) is 0 Å². The summed E-state index contributed by atoms with van der Waals surface area (Å²) in [4.78, 5) is 0. The summed E-state index contributed by atoms with van der Waals surface area (Å²) in [6.07, 6.45) is 1.76. The van der Waals surface area contributed by atoms with Gasteiger partial charge in [-0.15, -0.1) is 0 Å². The Morgan fingerprint density at radius 1 is 1.60 bits per heavy atom. The lowest BCUT2D eigenvalue weighted by molar-refractivity contribution is 0.290. The number of hydrogen-bond acceptors (Lipinski definition) is 2. The Morgan fingerprint density at radius 3 is 2.40 bits per heavy atom. The topological polar surface area (TPSA) is 15.6 Å². The van der Waals surface area contributed by atoms with Gasteiger partial charge in [0.05, 0.1) is 0 Å². The second kappa shape index (κ2) is 4.09. The Bertz CT molecular complexity index is 136. The van der Waals surface area contributed by atoms with Crippen LogP contribution >= 0.6 is 0 Å². The van der Waals surface area contributed by atoms with Gasteiger partial charge in [0.25, 0.3) is 0 Å². The largest absolute Gasteiger partial charge is 0.298 e. The summed E-state index contributed by atoms with van der Waals surface area (Å²) in [6.45, 7) is 9.82. The van der Waals surface area contributed by atoms with Gasteiger partial charge in [-0.1, -0.05) is 6.58 Å². The summed E-state index contributed by atoms with van der Waals surface area (Å²) < 4.78 is 0. The minimum absolute atomic E-state index is 0.454. The molecule has 0 heterocycles. The van der Waals surface area contributed by atoms with Crippen molar-refractivity contribution in [1.82, 2.24) is 5.01 Å². The van der Waals surface area contributed by atoms with Gasteiger partial charge < -0.3 is 0 Å². The predicted octanol–water partition coefficient (Wildman–Crippen LogP) is 1.89. The molecule has 0 spiro atoms. The maximum Gasteiger partial charge on any atom is 0.0493 e. The molecule has 0 aromatic heterocycles. The van der Waals surface area contributed by atoms with Crippen molar-refractivity contribution in [1.29, 1.82) is 0 Å². The van der Waals surface area contributed by atoms with Crippen molar-refractivity contribution < 1.29 is 0 Å². The van der Waals surface area contributed by atoms with Crippen molar-refractivity contribution in [3.05, 3.63) is 12.2 Å². The SMILES string of the molecule is C=C(C)/C=N\N(C)C(C)C. The summed E-state index contributed by atoms with van der Waals surface area (Å²) in [7, 11) is 1.95. The third-order valence-corrected chi connectivity index (χ3v) is 1.21. The van der Waals surface area contributed by atoms with Crippen LogP contribution in [-0.4, -0.2) is 24.3 Å². The molecule has 0 bridgehead atoms. The average Bonchev–Trinajstić information content (AvgIpc) is 1.82. The molecule has 0 aromatic carbocycles. The van der Waals surface area contributed by atoms with Crippen LogP contribution < -0.4 is 0 Å². The molecule has 0 atom stereocenters. The first-order chi connectivity index (χ1) is 4.54. The summed E-state index contributed by atoms with van der Waals surface area (Å²) in [5.74, 6) is 0. The number of nitrogens with zero attached hydrogens (tertiary/aromatic N) is 2. The Morgan fingerprint density at radius 2 is 2.10 bits per heavy atom. The smallest absolute Gasteiger partial charge is 0.0493 e. The van der Waals surface area contributed by atoms with Crippen molar-refractivity contribution in [2.24, 2.45) is 5.10 Å². The summed E-state index contributed by atoms with van der Waals surface area (Å²) in [5.41, 5.74) is 0.979. The minimum Gasteiger partial charge on any atom is -0.298 e. The minimum atomic E-state index is 0.454. The summed E-state index contributed by atoms with van der Waals surface area (Å²) >= 11 is 0. The lowest BCUT2D eigenvalue weighted by Gasteiger charge is -2.16. The number of hydrazone groups is 1. The Kier molecular flexibility index (Phi) is 3.77. The van der Waals surface area contributed by atoms with Gasteiger partial charge in [0.1, 0.15) is 0 Å². The molecule has 0 aromatic rings. The molecular formula is C8H16N2. The van der Waals surface area contributed by atoms with Crippen LogP contribution in [0.4, 0.5) is 0 Å². The van der Waals surface area contributed by atoms with Crippen molar-refractivity contribution in [3.8, 4) is 0 Å². The zero-order valence-corrected chi connectivity index (χ0v) is 7.26. The Hall–Kier alpha value is -0.790. The molecule has 0 aliphatic heterocycles. The number of hydrogen-bond donors (Lipinski definition) is 0. The van der Waals surface area contributed by atoms with Crippen molar-refractivity contribution >= 4 is 6.21 Å².